The third kappa shape index (κ3) is 5.16. The van der Waals surface area contributed by atoms with Crippen molar-refractivity contribution in [2.24, 2.45) is 0 Å². The fraction of sp³-hybridized carbons (Fsp3) is 1.00. The van der Waals surface area contributed by atoms with E-state index in [1.165, 1.54) is 11.8 Å². The maximum absolute atomic E-state index is 10.9. The van der Waals surface area contributed by atoms with E-state index in [1.807, 2.05) is 0 Å². The maximum Gasteiger partial charge on any atom is 0.264 e. The third-order valence-electron chi connectivity index (χ3n) is 1.58. The van der Waals surface area contributed by atoms with E-state index < -0.39 is 32.4 Å². The lowest BCUT2D eigenvalue weighted by molar-refractivity contribution is 0.102. The van der Waals surface area contributed by atoms with Crippen molar-refractivity contribution in [2.45, 2.75) is 12.2 Å². The number of hydrogen-bond acceptors (Lipinski definition) is 7. The number of hydrogen-bond donors (Lipinski definition) is 0. The molecule has 0 spiro atoms. The Bertz CT molecular complexity index is 370. The summed E-state index contributed by atoms with van der Waals surface area (Å²) in [4.78, 5) is 0. The predicted molar refractivity (Wildman–Crippen MR) is 56.8 cm³/mol. The minimum absolute atomic E-state index is 0.410. The minimum atomic E-state index is -3.58. The van der Waals surface area contributed by atoms with Gasteiger partial charge in [0.05, 0.1) is 12.5 Å². The van der Waals surface area contributed by atoms with Crippen LogP contribution in [0.25, 0.3) is 0 Å². The second kappa shape index (κ2) is 4.58. The fourth-order valence-corrected chi connectivity index (χ4v) is 3.76. The van der Waals surface area contributed by atoms with E-state index in [2.05, 4.69) is 0 Å². The second-order valence-corrected chi connectivity index (χ2v) is 7.49. The van der Waals surface area contributed by atoms with Crippen molar-refractivity contribution in [1.29, 1.82) is 0 Å². The number of thioether (sulfide) groups is 1. The summed E-state index contributed by atoms with van der Waals surface area (Å²) in [5.74, 6) is 0.820. The molecule has 0 N–H and O–H groups in total. The molecule has 0 aromatic heterocycles. The lowest BCUT2D eigenvalue weighted by Crippen LogP contribution is -2.33. The van der Waals surface area contributed by atoms with Crippen LogP contribution in [-0.4, -0.2) is 53.1 Å². The SMILES string of the molecule is CS(=O)(=O)OC1CSCC1OS(C)(=O)=O. The Kier molecular flexibility index (Phi) is 4.04. The van der Waals surface area contributed by atoms with Crippen molar-refractivity contribution in [3.05, 3.63) is 0 Å². The molecule has 1 fully saturated rings. The molecule has 0 aromatic carbocycles. The first kappa shape index (κ1) is 13.2. The summed E-state index contributed by atoms with van der Waals surface area (Å²) in [6, 6.07) is 0. The summed E-state index contributed by atoms with van der Waals surface area (Å²) in [6.07, 6.45) is 0.403. The van der Waals surface area contributed by atoms with Gasteiger partial charge in [0.2, 0.25) is 0 Å². The van der Waals surface area contributed by atoms with Crippen molar-refractivity contribution < 1.29 is 25.2 Å². The standard InChI is InChI=1S/C6H12O6S3/c1-14(7,8)11-5-3-13-4-6(5)12-15(2,9)10/h5-6H,3-4H2,1-2H3. The highest BCUT2D eigenvalue weighted by Crippen LogP contribution is 2.25. The molecule has 0 bridgehead atoms. The quantitative estimate of drug-likeness (QED) is 0.635. The van der Waals surface area contributed by atoms with Gasteiger partial charge in [-0.15, -0.1) is 0 Å². The Balaban J connectivity index is 2.66. The van der Waals surface area contributed by atoms with Gasteiger partial charge in [-0.3, -0.25) is 8.37 Å². The molecule has 0 amide bonds. The van der Waals surface area contributed by atoms with Crippen LogP contribution in [0.4, 0.5) is 0 Å². The topological polar surface area (TPSA) is 86.7 Å². The van der Waals surface area contributed by atoms with Crippen LogP contribution in [0.3, 0.4) is 0 Å². The highest BCUT2D eigenvalue weighted by atomic mass is 32.2. The van der Waals surface area contributed by atoms with E-state index in [9.17, 15) is 16.8 Å². The van der Waals surface area contributed by atoms with Crippen molar-refractivity contribution in [2.75, 3.05) is 24.0 Å². The first-order chi connectivity index (χ1) is 6.67. The summed E-state index contributed by atoms with van der Waals surface area (Å²) in [7, 11) is -7.17. The molecule has 2 unspecified atom stereocenters. The molecule has 6 nitrogen and oxygen atoms in total. The van der Waals surface area contributed by atoms with Crippen molar-refractivity contribution in [1.82, 2.24) is 0 Å². The number of rotatable bonds is 4. The van der Waals surface area contributed by atoms with Crippen LogP contribution < -0.4 is 0 Å². The zero-order valence-electron chi connectivity index (χ0n) is 8.24. The van der Waals surface area contributed by atoms with Crippen LogP contribution in [0.2, 0.25) is 0 Å². The monoisotopic (exact) mass is 276 g/mol. The van der Waals surface area contributed by atoms with Crippen molar-refractivity contribution in [3.8, 4) is 0 Å². The summed E-state index contributed by atoms with van der Waals surface area (Å²) in [5, 5.41) is 0. The summed E-state index contributed by atoms with van der Waals surface area (Å²) >= 11 is 1.39. The minimum Gasteiger partial charge on any atom is -0.263 e. The van der Waals surface area contributed by atoms with Crippen LogP contribution >= 0.6 is 11.8 Å². The van der Waals surface area contributed by atoms with Gasteiger partial charge in [0.25, 0.3) is 20.2 Å². The first-order valence-electron chi connectivity index (χ1n) is 4.02. The summed E-state index contributed by atoms with van der Waals surface area (Å²) < 4.78 is 52.9. The molecule has 1 rings (SSSR count). The van der Waals surface area contributed by atoms with Gasteiger partial charge in [0, 0.05) is 11.5 Å². The molecule has 0 aliphatic carbocycles. The van der Waals surface area contributed by atoms with E-state index in [1.54, 1.807) is 0 Å². The van der Waals surface area contributed by atoms with E-state index in [4.69, 9.17) is 8.37 Å². The molecule has 0 radical (unpaired) electrons. The van der Waals surface area contributed by atoms with E-state index in [-0.39, 0.29) is 0 Å². The highest BCUT2D eigenvalue weighted by Gasteiger charge is 2.34. The summed E-state index contributed by atoms with van der Waals surface area (Å²) in [5.41, 5.74) is 0. The Labute approximate surface area is 93.6 Å². The molecule has 1 heterocycles. The van der Waals surface area contributed by atoms with Crippen LogP contribution in [0.15, 0.2) is 0 Å². The Morgan fingerprint density at radius 2 is 1.27 bits per heavy atom. The van der Waals surface area contributed by atoms with Crippen LogP contribution in [0, 0.1) is 0 Å². The predicted octanol–water partition coefficient (Wildman–Crippen LogP) is -0.577. The second-order valence-electron chi connectivity index (χ2n) is 3.22. The highest BCUT2D eigenvalue weighted by molar-refractivity contribution is 7.99. The largest absolute Gasteiger partial charge is 0.264 e. The molecule has 2 atom stereocenters. The van der Waals surface area contributed by atoms with Gasteiger partial charge in [-0.05, 0) is 0 Å². The first-order valence-corrected chi connectivity index (χ1v) is 8.80. The van der Waals surface area contributed by atoms with Crippen LogP contribution in [-0.2, 0) is 28.6 Å². The molecule has 1 aliphatic rings. The van der Waals surface area contributed by atoms with Gasteiger partial charge in [-0.25, -0.2) is 0 Å². The normalized spacial score (nSPS) is 28.1. The molecular weight excluding hydrogens is 264 g/mol. The van der Waals surface area contributed by atoms with Crippen LogP contribution in [0.1, 0.15) is 0 Å². The third-order valence-corrected chi connectivity index (χ3v) is 3.90. The van der Waals surface area contributed by atoms with Crippen molar-refractivity contribution >= 4 is 32.0 Å². The Morgan fingerprint density at radius 1 is 0.933 bits per heavy atom. The zero-order valence-corrected chi connectivity index (χ0v) is 10.7. The van der Waals surface area contributed by atoms with Gasteiger partial charge in [0.15, 0.2) is 0 Å². The van der Waals surface area contributed by atoms with E-state index in [0.29, 0.717) is 11.5 Å². The maximum atomic E-state index is 10.9. The molecule has 1 saturated heterocycles. The average Bonchev–Trinajstić information content (AvgIpc) is 2.29. The Hall–Kier alpha value is 0.170. The van der Waals surface area contributed by atoms with E-state index >= 15 is 0 Å². The van der Waals surface area contributed by atoms with Crippen molar-refractivity contribution in [3.63, 3.8) is 0 Å². The molecule has 15 heavy (non-hydrogen) atoms. The van der Waals surface area contributed by atoms with Gasteiger partial charge in [-0.1, -0.05) is 0 Å². The zero-order chi connectivity index (χ0) is 11.7. The van der Waals surface area contributed by atoms with Crippen LogP contribution in [0.5, 0.6) is 0 Å². The molecular formula is C6H12O6S3. The van der Waals surface area contributed by atoms with Gasteiger partial charge in [0.1, 0.15) is 12.2 Å². The molecule has 90 valence electrons. The Morgan fingerprint density at radius 3 is 1.53 bits per heavy atom. The van der Waals surface area contributed by atoms with Gasteiger partial charge < -0.3 is 0 Å². The lowest BCUT2D eigenvalue weighted by Gasteiger charge is -2.16. The smallest absolute Gasteiger partial charge is 0.263 e. The van der Waals surface area contributed by atoms with Gasteiger partial charge >= 0.3 is 0 Å². The lowest BCUT2D eigenvalue weighted by atomic mass is 10.3. The molecule has 1 aliphatic heterocycles. The fourth-order valence-electron chi connectivity index (χ4n) is 1.14. The van der Waals surface area contributed by atoms with E-state index in [0.717, 1.165) is 12.5 Å². The molecule has 0 aromatic rings. The molecule has 0 saturated carbocycles. The summed E-state index contributed by atoms with van der Waals surface area (Å²) in [6.45, 7) is 0. The molecule has 9 heteroatoms. The van der Waals surface area contributed by atoms with Gasteiger partial charge in [-0.2, -0.15) is 28.6 Å². The average molecular weight is 276 g/mol.